The van der Waals surface area contributed by atoms with Crippen LogP contribution < -0.4 is 16.5 Å². The smallest absolute Gasteiger partial charge is 0.322 e. The zero-order valence-corrected chi connectivity index (χ0v) is 7.96. The number of rotatable bonds is 2. The summed E-state index contributed by atoms with van der Waals surface area (Å²) in [5.41, 5.74) is 6.13. The predicted octanol–water partition coefficient (Wildman–Crippen LogP) is -1.69. The van der Waals surface area contributed by atoms with Gasteiger partial charge in [-0.15, -0.1) is 0 Å². The molecule has 0 saturated carbocycles. The number of nitrogens with two attached hydrogens (primary N) is 1. The lowest BCUT2D eigenvalue weighted by molar-refractivity contribution is -0.137. The topological polar surface area (TPSA) is 105 Å². The molecule has 4 N–H and O–H groups in total. The third kappa shape index (κ3) is 1.67. The summed E-state index contributed by atoms with van der Waals surface area (Å²) >= 11 is 0. The number of carbonyl (C=O) groups excluding carboxylic acids is 3. The van der Waals surface area contributed by atoms with E-state index in [1.807, 2.05) is 0 Å². The minimum absolute atomic E-state index is 0.280. The number of hydrogen-bond donors (Lipinski definition) is 3. The van der Waals surface area contributed by atoms with E-state index in [1.165, 1.54) is 0 Å². The molecule has 1 aliphatic heterocycles. The number of urea groups is 1. The van der Waals surface area contributed by atoms with E-state index in [0.29, 0.717) is 5.01 Å². The SMILES string of the molecule is CC1(C)NC(=O)N(NC(=O)CN)C1=O. The second kappa shape index (κ2) is 3.26. The van der Waals surface area contributed by atoms with Crippen LogP contribution in [0.3, 0.4) is 0 Å². The Kier molecular flexibility index (Phi) is 2.43. The van der Waals surface area contributed by atoms with E-state index >= 15 is 0 Å². The summed E-state index contributed by atoms with van der Waals surface area (Å²) in [6.07, 6.45) is 0. The molecule has 1 fully saturated rings. The maximum absolute atomic E-state index is 11.5. The average Bonchev–Trinajstić information content (AvgIpc) is 2.28. The lowest BCUT2D eigenvalue weighted by atomic mass is 10.1. The first-order valence-electron chi connectivity index (χ1n) is 4.04. The average molecular weight is 200 g/mol. The molecule has 0 aliphatic carbocycles. The molecule has 0 radical (unpaired) electrons. The summed E-state index contributed by atoms with van der Waals surface area (Å²) < 4.78 is 0. The Morgan fingerprint density at radius 3 is 2.50 bits per heavy atom. The van der Waals surface area contributed by atoms with E-state index in [9.17, 15) is 14.4 Å². The molecular formula is C7H12N4O3. The van der Waals surface area contributed by atoms with Gasteiger partial charge in [0.25, 0.3) is 11.8 Å². The Morgan fingerprint density at radius 1 is 1.57 bits per heavy atom. The van der Waals surface area contributed by atoms with Crippen molar-refractivity contribution in [1.82, 2.24) is 15.8 Å². The van der Waals surface area contributed by atoms with Crippen molar-refractivity contribution < 1.29 is 14.4 Å². The van der Waals surface area contributed by atoms with Crippen molar-refractivity contribution in [2.45, 2.75) is 19.4 Å². The van der Waals surface area contributed by atoms with E-state index in [1.54, 1.807) is 13.8 Å². The summed E-state index contributed by atoms with van der Waals surface area (Å²) in [4.78, 5) is 33.5. The molecule has 7 nitrogen and oxygen atoms in total. The van der Waals surface area contributed by atoms with Crippen molar-refractivity contribution >= 4 is 17.8 Å². The largest absolute Gasteiger partial charge is 0.344 e. The summed E-state index contributed by atoms with van der Waals surface area (Å²) in [7, 11) is 0. The second-order valence-electron chi connectivity index (χ2n) is 3.43. The maximum atomic E-state index is 11.5. The summed E-state index contributed by atoms with van der Waals surface area (Å²) in [6, 6.07) is -0.651. The first-order chi connectivity index (χ1) is 6.38. The van der Waals surface area contributed by atoms with Gasteiger partial charge in [-0.3, -0.25) is 15.0 Å². The molecule has 1 aliphatic rings. The number of nitrogens with one attached hydrogen (secondary N) is 2. The predicted molar refractivity (Wildman–Crippen MR) is 46.7 cm³/mol. The summed E-state index contributed by atoms with van der Waals surface area (Å²) in [6.45, 7) is 2.81. The Balaban J connectivity index is 2.76. The van der Waals surface area contributed by atoms with Gasteiger partial charge in [0.05, 0.1) is 6.54 Å². The fourth-order valence-electron chi connectivity index (χ4n) is 1.02. The quantitative estimate of drug-likeness (QED) is 0.462. The third-order valence-electron chi connectivity index (χ3n) is 1.78. The molecule has 0 spiro atoms. The zero-order valence-electron chi connectivity index (χ0n) is 7.96. The van der Waals surface area contributed by atoms with Crippen molar-refractivity contribution in [2.24, 2.45) is 5.73 Å². The van der Waals surface area contributed by atoms with Crippen LogP contribution >= 0.6 is 0 Å². The van der Waals surface area contributed by atoms with Crippen molar-refractivity contribution in [2.75, 3.05) is 6.54 Å². The van der Waals surface area contributed by atoms with Crippen molar-refractivity contribution in [3.05, 3.63) is 0 Å². The molecule has 78 valence electrons. The van der Waals surface area contributed by atoms with Crippen LogP contribution in [0.1, 0.15) is 13.8 Å². The lowest BCUT2D eigenvalue weighted by Gasteiger charge is -2.15. The van der Waals surface area contributed by atoms with Crippen molar-refractivity contribution in [3.63, 3.8) is 0 Å². The van der Waals surface area contributed by atoms with E-state index in [-0.39, 0.29) is 6.54 Å². The fourth-order valence-corrected chi connectivity index (χ4v) is 1.02. The second-order valence-corrected chi connectivity index (χ2v) is 3.43. The van der Waals surface area contributed by atoms with Gasteiger partial charge in [-0.1, -0.05) is 0 Å². The Labute approximate surface area is 80.6 Å². The number of nitrogens with zero attached hydrogens (tertiary/aromatic N) is 1. The van der Waals surface area contributed by atoms with Crippen LogP contribution in [0.25, 0.3) is 0 Å². The molecule has 0 aromatic rings. The lowest BCUT2D eigenvalue weighted by Crippen LogP contribution is -2.49. The first-order valence-corrected chi connectivity index (χ1v) is 4.04. The van der Waals surface area contributed by atoms with Gasteiger partial charge in [-0.25, -0.2) is 4.79 Å². The van der Waals surface area contributed by atoms with E-state index in [4.69, 9.17) is 5.73 Å². The molecule has 14 heavy (non-hydrogen) atoms. The van der Waals surface area contributed by atoms with Crippen LogP contribution in [0.15, 0.2) is 0 Å². The molecule has 0 atom stereocenters. The van der Waals surface area contributed by atoms with Crippen molar-refractivity contribution in [3.8, 4) is 0 Å². The molecule has 1 saturated heterocycles. The summed E-state index contributed by atoms with van der Waals surface area (Å²) in [5.74, 6) is -1.10. The molecule has 0 unspecified atom stereocenters. The molecule has 4 amide bonds. The highest BCUT2D eigenvalue weighted by atomic mass is 16.2. The molecule has 0 aromatic heterocycles. The number of carbonyl (C=O) groups is 3. The van der Waals surface area contributed by atoms with Crippen LogP contribution in [-0.2, 0) is 9.59 Å². The number of hydrogen-bond acceptors (Lipinski definition) is 4. The highest BCUT2D eigenvalue weighted by Crippen LogP contribution is 2.13. The van der Waals surface area contributed by atoms with Gasteiger partial charge < -0.3 is 11.1 Å². The zero-order chi connectivity index (χ0) is 10.9. The van der Waals surface area contributed by atoms with E-state index in [0.717, 1.165) is 0 Å². The Morgan fingerprint density at radius 2 is 2.14 bits per heavy atom. The molecule has 7 heteroatoms. The number of hydrazine groups is 1. The molecule has 0 bridgehead atoms. The third-order valence-corrected chi connectivity index (χ3v) is 1.78. The molecule has 1 heterocycles. The Hall–Kier alpha value is -1.63. The van der Waals surface area contributed by atoms with Gasteiger partial charge >= 0.3 is 6.03 Å². The number of amides is 4. The van der Waals surface area contributed by atoms with Crippen LogP contribution in [0.5, 0.6) is 0 Å². The standard InChI is InChI=1S/C7H12N4O3/c1-7(2)5(13)11(6(14)9-7)10-4(12)3-8/h3,8H2,1-2H3,(H,9,14)(H,10,12). The monoisotopic (exact) mass is 200 g/mol. The molecular weight excluding hydrogens is 188 g/mol. The normalized spacial score (nSPS) is 19.5. The highest BCUT2D eigenvalue weighted by Gasteiger charge is 2.45. The molecule has 0 aromatic carbocycles. The van der Waals surface area contributed by atoms with Crippen molar-refractivity contribution in [1.29, 1.82) is 0 Å². The number of imide groups is 1. The van der Waals surface area contributed by atoms with Gasteiger partial charge in [0, 0.05) is 0 Å². The van der Waals surface area contributed by atoms with Gasteiger partial charge in [0.2, 0.25) is 0 Å². The van der Waals surface area contributed by atoms with E-state index in [2.05, 4.69) is 10.7 Å². The van der Waals surface area contributed by atoms with E-state index < -0.39 is 23.4 Å². The minimum atomic E-state index is -0.987. The van der Waals surface area contributed by atoms with Gasteiger partial charge in [-0.05, 0) is 13.8 Å². The maximum Gasteiger partial charge on any atom is 0.344 e. The van der Waals surface area contributed by atoms with Gasteiger partial charge in [0.15, 0.2) is 0 Å². The van der Waals surface area contributed by atoms with Crippen LogP contribution in [-0.4, -0.2) is 34.9 Å². The summed E-state index contributed by atoms with van der Waals surface area (Å²) in [5, 5.41) is 3.04. The van der Waals surface area contributed by atoms with Gasteiger partial charge in [-0.2, -0.15) is 5.01 Å². The first kappa shape index (κ1) is 10.5. The highest BCUT2D eigenvalue weighted by molar-refractivity contribution is 6.07. The minimum Gasteiger partial charge on any atom is -0.322 e. The van der Waals surface area contributed by atoms with Gasteiger partial charge in [0.1, 0.15) is 5.54 Å². The molecule has 1 rings (SSSR count). The fraction of sp³-hybridized carbons (Fsp3) is 0.571. The van der Waals surface area contributed by atoms with Crippen LogP contribution in [0.2, 0.25) is 0 Å². The van der Waals surface area contributed by atoms with Crippen LogP contribution in [0.4, 0.5) is 4.79 Å². The van der Waals surface area contributed by atoms with Crippen LogP contribution in [0, 0.1) is 0 Å². The Bertz CT molecular complexity index is 299.